The Morgan fingerprint density at radius 2 is 2.00 bits per heavy atom. The topological polar surface area (TPSA) is 53.1 Å². The summed E-state index contributed by atoms with van der Waals surface area (Å²) in [5, 5.41) is 0. The number of anilines is 1. The summed E-state index contributed by atoms with van der Waals surface area (Å²) >= 11 is 0. The van der Waals surface area contributed by atoms with Crippen molar-refractivity contribution in [2.75, 3.05) is 51.3 Å². The number of hydrogen-bond donors (Lipinski definition) is 0. The molecule has 3 saturated heterocycles. The average Bonchev–Trinajstić information content (AvgIpc) is 3.08. The number of morpholine rings is 1. The third-order valence-corrected chi connectivity index (χ3v) is 6.06. The van der Waals surface area contributed by atoms with Crippen LogP contribution in [0, 0.1) is 11.7 Å². The van der Waals surface area contributed by atoms with Gasteiger partial charge < -0.3 is 19.4 Å². The lowest BCUT2D eigenvalue weighted by molar-refractivity contribution is -0.141. The highest BCUT2D eigenvalue weighted by Crippen LogP contribution is 2.33. The highest BCUT2D eigenvalue weighted by molar-refractivity contribution is 5.95. The highest BCUT2D eigenvalue weighted by atomic mass is 19.1. The molecule has 0 aliphatic carbocycles. The van der Waals surface area contributed by atoms with Crippen molar-refractivity contribution in [3.63, 3.8) is 0 Å². The van der Waals surface area contributed by atoms with Crippen molar-refractivity contribution < 1.29 is 18.7 Å². The van der Waals surface area contributed by atoms with E-state index < -0.39 is 5.60 Å². The summed E-state index contributed by atoms with van der Waals surface area (Å²) < 4.78 is 19.5. The van der Waals surface area contributed by atoms with Crippen LogP contribution in [0.3, 0.4) is 0 Å². The molecule has 27 heavy (non-hydrogen) atoms. The fourth-order valence-electron chi connectivity index (χ4n) is 4.39. The van der Waals surface area contributed by atoms with Crippen LogP contribution >= 0.6 is 0 Å². The van der Waals surface area contributed by atoms with Gasteiger partial charge in [-0.25, -0.2) is 4.39 Å². The number of hydrogen-bond acceptors (Lipinski definition) is 4. The van der Waals surface area contributed by atoms with E-state index in [9.17, 15) is 14.0 Å². The molecule has 1 unspecified atom stereocenters. The van der Waals surface area contributed by atoms with Gasteiger partial charge in [0.15, 0.2) is 0 Å². The minimum atomic E-state index is -0.554. The Balaban J connectivity index is 1.45. The van der Waals surface area contributed by atoms with E-state index in [1.54, 1.807) is 17.0 Å². The van der Waals surface area contributed by atoms with Gasteiger partial charge in [0.25, 0.3) is 5.91 Å². The molecule has 3 heterocycles. The summed E-state index contributed by atoms with van der Waals surface area (Å²) in [6, 6.07) is 6.07. The summed E-state index contributed by atoms with van der Waals surface area (Å²) in [5.74, 6) is -0.253. The fourth-order valence-corrected chi connectivity index (χ4v) is 4.39. The lowest BCUT2D eigenvalue weighted by atomic mass is 9.95. The number of likely N-dealkylation sites (tertiary alicyclic amines) is 2. The largest absolute Gasteiger partial charge is 0.361 e. The number of halogens is 1. The Bertz CT molecular complexity index is 735. The molecular formula is C20H26FN3O3. The molecule has 0 saturated carbocycles. The number of ether oxygens (including phenoxy) is 1. The number of carbonyl (C=O) groups excluding carboxylic acids is 2. The third kappa shape index (κ3) is 3.71. The molecule has 1 spiro atoms. The first-order valence-corrected chi connectivity index (χ1v) is 9.63. The molecule has 0 radical (unpaired) electrons. The molecule has 2 amide bonds. The van der Waals surface area contributed by atoms with Crippen LogP contribution in [0.15, 0.2) is 24.3 Å². The molecule has 1 atom stereocenters. The van der Waals surface area contributed by atoms with E-state index in [1.165, 1.54) is 12.1 Å². The van der Waals surface area contributed by atoms with Crippen LogP contribution in [0.4, 0.5) is 10.1 Å². The summed E-state index contributed by atoms with van der Waals surface area (Å²) in [6.45, 7) is 3.37. The monoisotopic (exact) mass is 375 g/mol. The number of rotatable bonds is 2. The standard InChI is InChI=1S/C20H26FN3O3/c1-22-8-5-15(6-9-22)19(26)23-10-7-20(13-23)14-24(18(25)12-27-20)17-4-2-3-16(21)11-17/h2-4,11,15H,5-10,12-14H2,1H3. The number of nitrogens with zero attached hydrogens (tertiary/aromatic N) is 3. The molecule has 6 nitrogen and oxygen atoms in total. The zero-order valence-corrected chi connectivity index (χ0v) is 15.7. The van der Waals surface area contributed by atoms with E-state index >= 15 is 0 Å². The van der Waals surface area contributed by atoms with Crippen LogP contribution in [0.25, 0.3) is 0 Å². The predicted octanol–water partition coefficient (Wildman–Crippen LogP) is 1.50. The Morgan fingerprint density at radius 1 is 1.22 bits per heavy atom. The smallest absolute Gasteiger partial charge is 0.253 e. The maximum Gasteiger partial charge on any atom is 0.253 e. The zero-order valence-electron chi connectivity index (χ0n) is 15.7. The molecule has 3 aliphatic heterocycles. The van der Waals surface area contributed by atoms with Gasteiger partial charge in [-0.3, -0.25) is 9.59 Å². The highest BCUT2D eigenvalue weighted by Gasteiger charge is 2.47. The van der Waals surface area contributed by atoms with Crippen LogP contribution in [0.1, 0.15) is 19.3 Å². The molecular weight excluding hydrogens is 349 g/mol. The third-order valence-electron chi connectivity index (χ3n) is 6.06. The quantitative estimate of drug-likeness (QED) is 0.786. The maximum absolute atomic E-state index is 13.6. The molecule has 146 valence electrons. The summed E-state index contributed by atoms with van der Waals surface area (Å²) in [6.07, 6.45) is 2.49. The van der Waals surface area contributed by atoms with Crippen molar-refractivity contribution in [1.29, 1.82) is 0 Å². The van der Waals surface area contributed by atoms with E-state index in [0.29, 0.717) is 31.7 Å². The maximum atomic E-state index is 13.6. The zero-order chi connectivity index (χ0) is 19.0. The Labute approximate surface area is 158 Å². The van der Waals surface area contributed by atoms with Crippen LogP contribution in [0.5, 0.6) is 0 Å². The van der Waals surface area contributed by atoms with Crippen molar-refractivity contribution in [3.8, 4) is 0 Å². The van der Waals surface area contributed by atoms with Crippen LogP contribution in [0.2, 0.25) is 0 Å². The molecule has 0 bridgehead atoms. The lowest BCUT2D eigenvalue weighted by Gasteiger charge is -2.40. The minimum absolute atomic E-state index is 0.0350. The van der Waals surface area contributed by atoms with Gasteiger partial charge in [-0.05, 0) is 57.6 Å². The molecule has 1 aromatic carbocycles. The lowest BCUT2D eigenvalue weighted by Crippen LogP contribution is -2.56. The van der Waals surface area contributed by atoms with Gasteiger partial charge in [-0.1, -0.05) is 6.07 Å². The van der Waals surface area contributed by atoms with Crippen molar-refractivity contribution in [2.45, 2.75) is 24.9 Å². The van der Waals surface area contributed by atoms with Gasteiger partial charge in [-0.15, -0.1) is 0 Å². The van der Waals surface area contributed by atoms with E-state index in [4.69, 9.17) is 4.74 Å². The second-order valence-corrected chi connectivity index (χ2v) is 8.02. The van der Waals surface area contributed by atoms with Crippen molar-refractivity contribution in [1.82, 2.24) is 9.80 Å². The van der Waals surface area contributed by atoms with E-state index in [2.05, 4.69) is 11.9 Å². The summed E-state index contributed by atoms with van der Waals surface area (Å²) in [4.78, 5) is 31.0. The van der Waals surface area contributed by atoms with Gasteiger partial charge in [0.1, 0.15) is 18.0 Å². The van der Waals surface area contributed by atoms with Gasteiger partial charge in [0.2, 0.25) is 5.91 Å². The van der Waals surface area contributed by atoms with E-state index in [1.807, 2.05) is 4.90 Å². The number of amides is 2. The van der Waals surface area contributed by atoms with Gasteiger partial charge in [0, 0.05) is 18.2 Å². The molecule has 1 aromatic rings. The van der Waals surface area contributed by atoms with Crippen LogP contribution in [-0.2, 0) is 14.3 Å². The molecule has 3 aliphatic rings. The second-order valence-electron chi connectivity index (χ2n) is 8.02. The minimum Gasteiger partial charge on any atom is -0.361 e. The Hall–Kier alpha value is -1.99. The normalized spacial score (nSPS) is 27.6. The van der Waals surface area contributed by atoms with Crippen molar-refractivity contribution >= 4 is 17.5 Å². The Kier molecular flexibility index (Phi) is 4.90. The molecule has 7 heteroatoms. The number of piperidine rings is 1. The van der Waals surface area contributed by atoms with Gasteiger partial charge in [0.05, 0.1) is 13.1 Å². The molecule has 0 N–H and O–H groups in total. The number of carbonyl (C=O) groups is 2. The first-order valence-electron chi connectivity index (χ1n) is 9.63. The van der Waals surface area contributed by atoms with Crippen molar-refractivity contribution in [3.05, 3.63) is 30.1 Å². The summed E-state index contributed by atoms with van der Waals surface area (Å²) in [7, 11) is 2.08. The van der Waals surface area contributed by atoms with Crippen molar-refractivity contribution in [2.24, 2.45) is 5.92 Å². The molecule has 3 fully saturated rings. The van der Waals surface area contributed by atoms with Gasteiger partial charge >= 0.3 is 0 Å². The SMILES string of the molecule is CN1CCC(C(=O)N2CCC3(C2)CN(c2cccc(F)c2)C(=O)CO3)CC1. The average molecular weight is 375 g/mol. The van der Waals surface area contributed by atoms with Crippen LogP contribution in [-0.4, -0.2) is 73.6 Å². The first kappa shape index (κ1) is 18.4. The Morgan fingerprint density at radius 3 is 2.74 bits per heavy atom. The predicted molar refractivity (Wildman–Crippen MR) is 98.9 cm³/mol. The second kappa shape index (κ2) is 7.20. The number of benzene rings is 1. The molecule has 4 rings (SSSR count). The fraction of sp³-hybridized carbons (Fsp3) is 0.600. The van der Waals surface area contributed by atoms with Gasteiger partial charge in [-0.2, -0.15) is 0 Å². The van der Waals surface area contributed by atoms with Crippen LogP contribution < -0.4 is 4.90 Å². The van der Waals surface area contributed by atoms with E-state index in [-0.39, 0.29) is 30.2 Å². The first-order chi connectivity index (χ1) is 13.0. The van der Waals surface area contributed by atoms with E-state index in [0.717, 1.165) is 25.9 Å². The summed E-state index contributed by atoms with van der Waals surface area (Å²) in [5.41, 5.74) is -0.00999. The molecule has 0 aromatic heterocycles.